The number of carbonyl (C=O) groups is 1. The lowest BCUT2D eigenvalue weighted by Crippen LogP contribution is -2.27. The van der Waals surface area contributed by atoms with E-state index >= 15 is 0 Å². The molecular formula is C17H23N3O3. The van der Waals surface area contributed by atoms with Gasteiger partial charge in [-0.15, -0.1) is 0 Å². The van der Waals surface area contributed by atoms with Crippen LogP contribution in [0, 0.1) is 11.3 Å². The van der Waals surface area contributed by atoms with Gasteiger partial charge in [-0.2, -0.15) is 5.26 Å². The fourth-order valence-electron chi connectivity index (χ4n) is 1.97. The van der Waals surface area contributed by atoms with Gasteiger partial charge < -0.3 is 20.1 Å². The van der Waals surface area contributed by atoms with Gasteiger partial charge in [0, 0.05) is 26.1 Å². The summed E-state index contributed by atoms with van der Waals surface area (Å²) in [6.45, 7) is 4.42. The van der Waals surface area contributed by atoms with E-state index in [1.54, 1.807) is 0 Å². The number of hydrogen-bond donors (Lipinski definition) is 2. The van der Waals surface area contributed by atoms with Crippen molar-refractivity contribution in [1.29, 1.82) is 5.26 Å². The van der Waals surface area contributed by atoms with Crippen LogP contribution in [0.3, 0.4) is 0 Å². The summed E-state index contributed by atoms with van der Waals surface area (Å²) < 4.78 is 10.0. The van der Waals surface area contributed by atoms with Crippen molar-refractivity contribution < 1.29 is 14.3 Å². The number of methoxy groups -OCH3 is 2. The Kier molecular flexibility index (Phi) is 7.81. The first kappa shape index (κ1) is 18.7. The number of nitrogens with zero attached hydrogens (tertiary/aromatic N) is 1. The zero-order valence-electron chi connectivity index (χ0n) is 13.9. The second-order valence-corrected chi connectivity index (χ2v) is 5.18. The van der Waals surface area contributed by atoms with Crippen LogP contribution < -0.4 is 10.6 Å². The molecule has 6 nitrogen and oxygen atoms in total. The molecule has 0 spiro atoms. The molecule has 0 aromatic heterocycles. The number of ether oxygens (including phenoxy) is 2. The summed E-state index contributed by atoms with van der Waals surface area (Å²) >= 11 is 0. The number of amides is 1. The molecule has 2 N–H and O–H groups in total. The lowest BCUT2D eigenvalue weighted by Gasteiger charge is -2.14. The molecule has 0 radical (unpaired) electrons. The first-order valence-corrected chi connectivity index (χ1v) is 7.33. The van der Waals surface area contributed by atoms with Gasteiger partial charge in [0.15, 0.2) is 6.29 Å². The third-order valence-corrected chi connectivity index (χ3v) is 3.25. The predicted molar refractivity (Wildman–Crippen MR) is 88.7 cm³/mol. The van der Waals surface area contributed by atoms with E-state index < -0.39 is 12.2 Å². The second kappa shape index (κ2) is 9.62. The summed E-state index contributed by atoms with van der Waals surface area (Å²) in [5.41, 5.74) is 1.71. The molecule has 0 aliphatic carbocycles. The van der Waals surface area contributed by atoms with Crippen LogP contribution >= 0.6 is 0 Å². The third-order valence-electron chi connectivity index (χ3n) is 3.25. The molecule has 1 amide bonds. The Morgan fingerprint density at radius 3 is 2.52 bits per heavy atom. The molecule has 0 aliphatic rings. The Morgan fingerprint density at radius 1 is 1.30 bits per heavy atom. The van der Waals surface area contributed by atoms with Crippen LogP contribution in [0.1, 0.15) is 25.3 Å². The molecule has 23 heavy (non-hydrogen) atoms. The molecular weight excluding hydrogens is 294 g/mol. The fraction of sp³-hybridized carbons (Fsp3) is 0.412. The number of rotatable bonds is 8. The van der Waals surface area contributed by atoms with Gasteiger partial charge in [-0.05, 0) is 17.5 Å². The molecule has 0 fully saturated rings. The van der Waals surface area contributed by atoms with E-state index in [9.17, 15) is 4.79 Å². The summed E-state index contributed by atoms with van der Waals surface area (Å²) in [5, 5.41) is 14.8. The monoisotopic (exact) mass is 317 g/mol. The molecule has 0 unspecified atom stereocenters. The molecule has 0 saturated carbocycles. The Morgan fingerprint density at radius 2 is 1.96 bits per heavy atom. The Hall–Kier alpha value is -2.36. The maximum absolute atomic E-state index is 12.2. The van der Waals surface area contributed by atoms with Gasteiger partial charge in [0.05, 0.1) is 6.54 Å². The van der Waals surface area contributed by atoms with E-state index in [4.69, 9.17) is 14.7 Å². The molecule has 1 aromatic carbocycles. The van der Waals surface area contributed by atoms with Crippen LogP contribution in [-0.2, 0) is 14.3 Å². The summed E-state index contributed by atoms with van der Waals surface area (Å²) in [6, 6.07) is 9.43. The van der Waals surface area contributed by atoms with Crippen LogP contribution in [0.2, 0.25) is 0 Å². The highest BCUT2D eigenvalue weighted by Crippen LogP contribution is 2.23. The Balaban J connectivity index is 2.77. The van der Waals surface area contributed by atoms with E-state index in [0.717, 1.165) is 5.56 Å². The third kappa shape index (κ3) is 5.74. The number of para-hydroxylation sites is 1. The van der Waals surface area contributed by atoms with Crippen LogP contribution in [0.25, 0.3) is 0 Å². The quantitative estimate of drug-likeness (QED) is 0.437. The van der Waals surface area contributed by atoms with Gasteiger partial charge in [0.25, 0.3) is 5.91 Å². The average Bonchev–Trinajstić information content (AvgIpc) is 2.55. The molecule has 0 atom stereocenters. The molecule has 1 rings (SSSR count). The van der Waals surface area contributed by atoms with Crippen LogP contribution in [-0.4, -0.2) is 33.0 Å². The first-order chi connectivity index (χ1) is 11.0. The molecule has 0 heterocycles. The molecule has 0 saturated heterocycles. The number of hydrogen-bond acceptors (Lipinski definition) is 5. The predicted octanol–water partition coefficient (Wildman–Crippen LogP) is 2.36. The van der Waals surface area contributed by atoms with Crippen LogP contribution in [0.15, 0.2) is 36.0 Å². The topological polar surface area (TPSA) is 83.4 Å². The minimum Gasteiger partial charge on any atom is -0.385 e. The average molecular weight is 317 g/mol. The molecule has 6 heteroatoms. The number of benzene rings is 1. The highest BCUT2D eigenvalue weighted by atomic mass is 16.7. The zero-order chi connectivity index (χ0) is 17.2. The molecule has 1 aromatic rings. The van der Waals surface area contributed by atoms with Crippen molar-refractivity contribution in [2.75, 3.05) is 26.1 Å². The Bertz CT molecular complexity index is 587. The summed E-state index contributed by atoms with van der Waals surface area (Å²) in [7, 11) is 3.03. The number of nitrogens with one attached hydrogen (secondary N) is 2. The van der Waals surface area contributed by atoms with Crippen LogP contribution in [0.4, 0.5) is 5.69 Å². The van der Waals surface area contributed by atoms with Gasteiger partial charge in [0.2, 0.25) is 0 Å². The maximum atomic E-state index is 12.2. The van der Waals surface area contributed by atoms with Gasteiger partial charge in [-0.1, -0.05) is 32.0 Å². The van der Waals surface area contributed by atoms with Crippen molar-refractivity contribution in [2.45, 2.75) is 26.1 Å². The highest BCUT2D eigenvalue weighted by Gasteiger charge is 2.13. The second-order valence-electron chi connectivity index (χ2n) is 5.18. The number of anilines is 1. The normalized spacial score (nSPS) is 11.4. The van der Waals surface area contributed by atoms with Crippen molar-refractivity contribution in [3.8, 4) is 6.07 Å². The first-order valence-electron chi connectivity index (χ1n) is 7.33. The molecule has 0 bridgehead atoms. The van der Waals surface area contributed by atoms with E-state index in [2.05, 4.69) is 10.6 Å². The highest BCUT2D eigenvalue weighted by molar-refractivity contribution is 6.06. The van der Waals surface area contributed by atoms with E-state index in [1.807, 2.05) is 44.2 Å². The van der Waals surface area contributed by atoms with Gasteiger partial charge in [-0.25, -0.2) is 0 Å². The SMILES string of the molecule is COC(CNC=C(C#N)C(=O)Nc1ccccc1C(C)C)OC. The summed E-state index contributed by atoms with van der Waals surface area (Å²) in [4.78, 5) is 12.2. The van der Waals surface area contributed by atoms with E-state index in [-0.39, 0.29) is 11.5 Å². The minimum atomic E-state index is -0.459. The van der Waals surface area contributed by atoms with Crippen molar-refractivity contribution >= 4 is 11.6 Å². The standard InChI is InChI=1S/C17H23N3O3/c1-12(2)14-7-5-6-8-15(14)20-17(21)13(9-18)10-19-11-16(22-3)23-4/h5-8,10,12,16,19H,11H2,1-4H3,(H,20,21). The zero-order valence-corrected chi connectivity index (χ0v) is 13.9. The minimum absolute atomic E-state index is 0.0190. The molecule has 0 aliphatic heterocycles. The van der Waals surface area contributed by atoms with Gasteiger partial charge in [-0.3, -0.25) is 4.79 Å². The van der Waals surface area contributed by atoms with Gasteiger partial charge >= 0.3 is 0 Å². The summed E-state index contributed by atoms with van der Waals surface area (Å²) in [6.07, 6.45) is 0.911. The molecule has 124 valence electrons. The summed E-state index contributed by atoms with van der Waals surface area (Å²) in [5.74, 6) is -0.192. The van der Waals surface area contributed by atoms with Crippen molar-refractivity contribution in [2.24, 2.45) is 0 Å². The maximum Gasteiger partial charge on any atom is 0.267 e. The fourth-order valence-corrected chi connectivity index (χ4v) is 1.97. The largest absolute Gasteiger partial charge is 0.385 e. The lowest BCUT2D eigenvalue weighted by atomic mass is 10.0. The lowest BCUT2D eigenvalue weighted by molar-refractivity contribution is -0.112. The van der Waals surface area contributed by atoms with Crippen molar-refractivity contribution in [3.05, 3.63) is 41.6 Å². The number of nitriles is 1. The van der Waals surface area contributed by atoms with Crippen LogP contribution in [0.5, 0.6) is 0 Å². The van der Waals surface area contributed by atoms with E-state index in [1.165, 1.54) is 20.4 Å². The van der Waals surface area contributed by atoms with E-state index in [0.29, 0.717) is 12.2 Å². The Labute approximate surface area is 137 Å². The van der Waals surface area contributed by atoms with Crippen molar-refractivity contribution in [1.82, 2.24) is 5.32 Å². The van der Waals surface area contributed by atoms with Crippen molar-refractivity contribution in [3.63, 3.8) is 0 Å². The smallest absolute Gasteiger partial charge is 0.267 e. The number of carbonyl (C=O) groups excluding carboxylic acids is 1. The van der Waals surface area contributed by atoms with Gasteiger partial charge in [0.1, 0.15) is 11.6 Å².